The van der Waals surface area contributed by atoms with Crippen LogP contribution in [0.2, 0.25) is 0 Å². The smallest absolute Gasteiger partial charge is 0.304 e. The van der Waals surface area contributed by atoms with Crippen molar-refractivity contribution in [1.82, 2.24) is 5.32 Å². The fourth-order valence-electron chi connectivity index (χ4n) is 1.36. The highest BCUT2D eigenvalue weighted by atomic mass is 19.1. The zero-order chi connectivity index (χ0) is 14.4. The maximum atomic E-state index is 13.3. The molecule has 0 spiro atoms. The van der Waals surface area contributed by atoms with Crippen LogP contribution in [0, 0.1) is 15.9 Å². The quantitative estimate of drug-likeness (QED) is 0.486. The molecular weight excluding hydrogens is 255 g/mol. The monoisotopic (exact) mass is 270 g/mol. The molecule has 0 aliphatic heterocycles. The molecule has 0 saturated heterocycles. The lowest BCUT2D eigenvalue weighted by Gasteiger charge is -2.08. The van der Waals surface area contributed by atoms with E-state index in [0.29, 0.717) is 6.61 Å². The van der Waals surface area contributed by atoms with Crippen molar-refractivity contribution in [3.63, 3.8) is 0 Å². The second-order valence-electron chi connectivity index (χ2n) is 4.10. The molecule has 0 fully saturated rings. The summed E-state index contributed by atoms with van der Waals surface area (Å²) in [6, 6.07) is 3.02. The molecule has 0 bridgehead atoms. The van der Waals surface area contributed by atoms with Crippen molar-refractivity contribution in [2.45, 2.75) is 20.0 Å². The van der Waals surface area contributed by atoms with Crippen molar-refractivity contribution in [2.75, 3.05) is 13.2 Å². The molecule has 1 amide bonds. The van der Waals surface area contributed by atoms with E-state index in [1.807, 2.05) is 13.8 Å². The third-order valence-corrected chi connectivity index (χ3v) is 2.25. The topological polar surface area (TPSA) is 81.5 Å². The number of rotatable bonds is 6. The second kappa shape index (κ2) is 6.79. The van der Waals surface area contributed by atoms with Gasteiger partial charge >= 0.3 is 5.69 Å². The van der Waals surface area contributed by atoms with Gasteiger partial charge in [-0.15, -0.1) is 0 Å². The molecule has 19 heavy (non-hydrogen) atoms. The molecule has 7 heteroatoms. The molecule has 1 aromatic carbocycles. The van der Waals surface area contributed by atoms with Crippen LogP contribution in [0.4, 0.5) is 10.1 Å². The first-order valence-corrected chi connectivity index (χ1v) is 5.75. The van der Waals surface area contributed by atoms with Crippen molar-refractivity contribution >= 4 is 11.6 Å². The summed E-state index contributed by atoms with van der Waals surface area (Å²) in [6.45, 7) is 4.37. The van der Waals surface area contributed by atoms with E-state index in [1.54, 1.807) is 0 Å². The molecule has 0 aliphatic rings. The largest absolute Gasteiger partial charge is 0.377 e. The van der Waals surface area contributed by atoms with E-state index in [-0.39, 0.29) is 18.2 Å². The van der Waals surface area contributed by atoms with Gasteiger partial charge in [-0.1, -0.05) is 0 Å². The molecule has 6 nitrogen and oxygen atoms in total. The normalized spacial score (nSPS) is 10.5. The van der Waals surface area contributed by atoms with Gasteiger partial charge in [0.05, 0.1) is 17.6 Å². The highest BCUT2D eigenvalue weighted by Gasteiger charge is 2.16. The van der Waals surface area contributed by atoms with E-state index in [9.17, 15) is 19.3 Å². The Morgan fingerprint density at radius 1 is 1.53 bits per heavy atom. The predicted molar refractivity (Wildman–Crippen MR) is 66.5 cm³/mol. The molecule has 1 rings (SSSR count). The summed E-state index contributed by atoms with van der Waals surface area (Å²) in [4.78, 5) is 21.2. The van der Waals surface area contributed by atoms with Gasteiger partial charge in [-0.2, -0.15) is 4.39 Å². The molecule has 0 saturated carbocycles. The average molecular weight is 270 g/mol. The molecule has 1 N–H and O–H groups in total. The summed E-state index contributed by atoms with van der Waals surface area (Å²) in [6.07, 6.45) is 0.0636. The second-order valence-corrected chi connectivity index (χ2v) is 4.10. The Balaban J connectivity index is 2.58. The van der Waals surface area contributed by atoms with Crippen LogP contribution in [0.25, 0.3) is 0 Å². The molecule has 0 unspecified atom stereocenters. The third-order valence-electron chi connectivity index (χ3n) is 2.25. The van der Waals surface area contributed by atoms with E-state index >= 15 is 0 Å². The van der Waals surface area contributed by atoms with Gasteiger partial charge < -0.3 is 10.1 Å². The molecule has 0 atom stereocenters. The highest BCUT2D eigenvalue weighted by Crippen LogP contribution is 2.17. The van der Waals surface area contributed by atoms with Crippen LogP contribution in [0.15, 0.2) is 18.2 Å². The van der Waals surface area contributed by atoms with Gasteiger partial charge in [-0.25, -0.2) is 0 Å². The highest BCUT2D eigenvalue weighted by molar-refractivity contribution is 5.94. The van der Waals surface area contributed by atoms with Crippen LogP contribution in [-0.4, -0.2) is 30.1 Å². The zero-order valence-corrected chi connectivity index (χ0v) is 10.7. The Morgan fingerprint density at radius 3 is 2.74 bits per heavy atom. The standard InChI is InChI=1S/C12H15FN2O4/c1-8(2)19-6-5-14-12(16)9-3-4-11(15(17)18)10(13)7-9/h3-4,7-8H,5-6H2,1-2H3,(H,14,16). The van der Waals surface area contributed by atoms with E-state index in [1.165, 1.54) is 6.07 Å². The number of hydrogen-bond donors (Lipinski definition) is 1. The lowest BCUT2D eigenvalue weighted by Crippen LogP contribution is -2.28. The molecule has 0 aromatic heterocycles. The Labute approximate surface area is 109 Å². The van der Waals surface area contributed by atoms with Gasteiger partial charge in [0.1, 0.15) is 0 Å². The molecule has 104 valence electrons. The number of nitro benzene ring substituents is 1. The predicted octanol–water partition coefficient (Wildman–Crippen LogP) is 1.89. The van der Waals surface area contributed by atoms with Crippen LogP contribution in [0.3, 0.4) is 0 Å². The van der Waals surface area contributed by atoms with Crippen molar-refractivity contribution in [1.29, 1.82) is 0 Å². The number of nitro groups is 1. The van der Waals surface area contributed by atoms with Crippen molar-refractivity contribution in [3.8, 4) is 0 Å². The number of benzene rings is 1. The first kappa shape index (κ1) is 15.0. The SMILES string of the molecule is CC(C)OCCNC(=O)c1ccc([N+](=O)[O-])c(F)c1. The zero-order valence-electron chi connectivity index (χ0n) is 10.7. The molecule has 1 aromatic rings. The summed E-state index contributed by atoms with van der Waals surface area (Å²) in [7, 11) is 0. The van der Waals surface area contributed by atoms with E-state index in [0.717, 1.165) is 12.1 Å². The van der Waals surface area contributed by atoms with Crippen molar-refractivity contribution in [2.24, 2.45) is 0 Å². The van der Waals surface area contributed by atoms with Gasteiger partial charge in [-0.05, 0) is 26.0 Å². The van der Waals surface area contributed by atoms with Crippen molar-refractivity contribution < 1.29 is 18.8 Å². The molecule has 0 aliphatic carbocycles. The van der Waals surface area contributed by atoms with Crippen LogP contribution >= 0.6 is 0 Å². The summed E-state index contributed by atoms with van der Waals surface area (Å²) in [5.41, 5.74) is -0.618. The Morgan fingerprint density at radius 2 is 2.21 bits per heavy atom. The maximum Gasteiger partial charge on any atom is 0.304 e. The van der Waals surface area contributed by atoms with Gasteiger partial charge in [0, 0.05) is 18.2 Å². The Bertz CT molecular complexity index is 477. The molecular formula is C12H15FN2O4. The number of carbonyl (C=O) groups excluding carboxylic acids is 1. The maximum absolute atomic E-state index is 13.3. The number of carbonyl (C=O) groups is 1. The first-order valence-electron chi connectivity index (χ1n) is 5.75. The number of halogens is 1. The number of nitrogens with zero attached hydrogens (tertiary/aromatic N) is 1. The number of hydrogen-bond acceptors (Lipinski definition) is 4. The minimum atomic E-state index is -1.03. The van der Waals surface area contributed by atoms with Crippen LogP contribution in [0.5, 0.6) is 0 Å². The Hall–Kier alpha value is -2.02. The van der Waals surface area contributed by atoms with Gasteiger partial charge in [0.25, 0.3) is 5.91 Å². The number of nitrogens with one attached hydrogen (secondary N) is 1. The van der Waals surface area contributed by atoms with Gasteiger partial charge in [0.15, 0.2) is 0 Å². The Kier molecular flexibility index (Phi) is 5.37. The molecule has 0 radical (unpaired) electrons. The summed E-state index contributed by atoms with van der Waals surface area (Å²) in [5.74, 6) is -1.53. The van der Waals surface area contributed by atoms with E-state index in [2.05, 4.69) is 5.32 Å². The van der Waals surface area contributed by atoms with Gasteiger partial charge in [0.2, 0.25) is 5.82 Å². The number of ether oxygens (including phenoxy) is 1. The number of amides is 1. The fraction of sp³-hybridized carbons (Fsp3) is 0.417. The van der Waals surface area contributed by atoms with Crippen molar-refractivity contribution in [3.05, 3.63) is 39.7 Å². The summed E-state index contributed by atoms with van der Waals surface area (Å²) >= 11 is 0. The minimum Gasteiger partial charge on any atom is -0.377 e. The van der Waals surface area contributed by atoms with E-state index in [4.69, 9.17) is 4.74 Å². The van der Waals surface area contributed by atoms with Crippen LogP contribution < -0.4 is 5.32 Å². The molecule has 0 heterocycles. The average Bonchev–Trinajstić information content (AvgIpc) is 2.33. The van der Waals surface area contributed by atoms with Crippen LogP contribution in [-0.2, 0) is 4.74 Å². The van der Waals surface area contributed by atoms with Gasteiger partial charge in [-0.3, -0.25) is 14.9 Å². The summed E-state index contributed by atoms with van der Waals surface area (Å²) < 4.78 is 18.5. The lowest BCUT2D eigenvalue weighted by molar-refractivity contribution is -0.387. The lowest BCUT2D eigenvalue weighted by atomic mass is 10.2. The fourth-order valence-corrected chi connectivity index (χ4v) is 1.36. The van der Waals surface area contributed by atoms with E-state index < -0.39 is 22.3 Å². The first-order chi connectivity index (χ1) is 8.91. The minimum absolute atomic E-state index is 0.0349. The summed E-state index contributed by atoms with van der Waals surface area (Å²) in [5, 5.41) is 13.0. The third kappa shape index (κ3) is 4.63. The van der Waals surface area contributed by atoms with Crippen LogP contribution in [0.1, 0.15) is 24.2 Å².